The molecule has 0 spiro atoms. The van der Waals surface area contributed by atoms with E-state index in [0.717, 1.165) is 18.4 Å². The highest BCUT2D eigenvalue weighted by atomic mass is 16.7. The van der Waals surface area contributed by atoms with Gasteiger partial charge in [0.25, 0.3) is 5.79 Å². The maximum atomic E-state index is 5.70. The molecule has 0 N–H and O–H groups in total. The van der Waals surface area contributed by atoms with Crippen LogP contribution in [0.2, 0.25) is 0 Å². The summed E-state index contributed by atoms with van der Waals surface area (Å²) in [7, 11) is 0. The maximum Gasteiger partial charge on any atom is 0.276 e. The molecule has 0 amide bonds. The predicted octanol–water partition coefficient (Wildman–Crippen LogP) is 4.33. The third-order valence-corrected chi connectivity index (χ3v) is 3.15. The Morgan fingerprint density at radius 3 is 2.29 bits per heavy atom. The van der Waals surface area contributed by atoms with Gasteiger partial charge in [0.2, 0.25) is 0 Å². The van der Waals surface area contributed by atoms with Crippen molar-refractivity contribution in [3.8, 4) is 0 Å². The van der Waals surface area contributed by atoms with Gasteiger partial charge in [-0.15, -0.1) is 0 Å². The zero-order chi connectivity index (χ0) is 12.0. The standard InChI is InChI=1S/C15H20O2/c1-2-3-4-8-11-15(16-12-13-17-15)14-9-6-5-7-10-14/h5-7,9-10,12-13H,2-4,8,11H2,1H3. The normalized spacial score (nSPS) is 16.5. The second kappa shape index (κ2) is 5.76. The zero-order valence-corrected chi connectivity index (χ0v) is 10.4. The first-order valence-corrected chi connectivity index (χ1v) is 6.43. The van der Waals surface area contributed by atoms with Crippen molar-refractivity contribution in [2.24, 2.45) is 0 Å². The molecule has 2 heteroatoms. The van der Waals surface area contributed by atoms with Crippen LogP contribution in [-0.2, 0) is 15.3 Å². The summed E-state index contributed by atoms with van der Waals surface area (Å²) in [6.45, 7) is 2.22. The zero-order valence-electron chi connectivity index (χ0n) is 10.4. The molecule has 92 valence electrons. The molecular formula is C15H20O2. The minimum absolute atomic E-state index is 0.574. The Labute approximate surface area is 103 Å². The van der Waals surface area contributed by atoms with Crippen LogP contribution in [0.4, 0.5) is 0 Å². The summed E-state index contributed by atoms with van der Waals surface area (Å²) in [5, 5.41) is 0. The van der Waals surface area contributed by atoms with Crippen LogP contribution >= 0.6 is 0 Å². The molecule has 0 radical (unpaired) electrons. The van der Waals surface area contributed by atoms with E-state index < -0.39 is 5.79 Å². The predicted molar refractivity (Wildman–Crippen MR) is 68.2 cm³/mol. The fraction of sp³-hybridized carbons (Fsp3) is 0.467. The highest BCUT2D eigenvalue weighted by Crippen LogP contribution is 2.36. The smallest absolute Gasteiger partial charge is 0.276 e. The number of unbranched alkanes of at least 4 members (excludes halogenated alkanes) is 3. The fourth-order valence-corrected chi connectivity index (χ4v) is 2.18. The SMILES string of the molecule is CCCCCCC1(c2ccccc2)OC=CO1. The second-order valence-electron chi connectivity index (χ2n) is 4.44. The van der Waals surface area contributed by atoms with Crippen molar-refractivity contribution in [3.63, 3.8) is 0 Å². The molecule has 0 unspecified atom stereocenters. The summed E-state index contributed by atoms with van der Waals surface area (Å²) >= 11 is 0. The topological polar surface area (TPSA) is 18.5 Å². The Bertz CT molecular complexity index is 348. The quantitative estimate of drug-likeness (QED) is 0.680. The van der Waals surface area contributed by atoms with Crippen LogP contribution in [0.15, 0.2) is 42.9 Å². The van der Waals surface area contributed by atoms with Crippen LogP contribution in [0.3, 0.4) is 0 Å². The lowest BCUT2D eigenvalue weighted by molar-refractivity contribution is -0.156. The largest absolute Gasteiger partial charge is 0.453 e. The number of rotatable bonds is 6. The minimum Gasteiger partial charge on any atom is -0.453 e. The first kappa shape index (κ1) is 12.0. The van der Waals surface area contributed by atoms with Gasteiger partial charge in [-0.1, -0.05) is 56.5 Å². The lowest BCUT2D eigenvalue weighted by Gasteiger charge is -2.28. The van der Waals surface area contributed by atoms with Gasteiger partial charge in [0, 0.05) is 12.0 Å². The molecule has 0 aliphatic carbocycles. The van der Waals surface area contributed by atoms with E-state index in [1.807, 2.05) is 18.2 Å². The van der Waals surface area contributed by atoms with Gasteiger partial charge in [0.1, 0.15) is 12.5 Å². The number of hydrogen-bond acceptors (Lipinski definition) is 2. The molecule has 0 saturated carbocycles. The van der Waals surface area contributed by atoms with Crippen LogP contribution in [0.1, 0.15) is 44.6 Å². The minimum atomic E-state index is -0.574. The first-order chi connectivity index (χ1) is 8.37. The Hall–Kier alpha value is -1.44. The summed E-state index contributed by atoms with van der Waals surface area (Å²) in [5.74, 6) is -0.574. The van der Waals surface area contributed by atoms with Gasteiger partial charge in [-0.25, -0.2) is 0 Å². The van der Waals surface area contributed by atoms with Gasteiger partial charge >= 0.3 is 0 Å². The number of benzene rings is 1. The van der Waals surface area contributed by atoms with E-state index in [1.54, 1.807) is 12.5 Å². The lowest BCUT2D eigenvalue weighted by Crippen LogP contribution is -2.26. The third-order valence-electron chi connectivity index (χ3n) is 3.15. The molecule has 0 aromatic heterocycles. The van der Waals surface area contributed by atoms with Crippen LogP contribution in [0, 0.1) is 0 Å². The summed E-state index contributed by atoms with van der Waals surface area (Å²) in [5.41, 5.74) is 1.10. The maximum absolute atomic E-state index is 5.70. The molecule has 2 nitrogen and oxygen atoms in total. The van der Waals surface area contributed by atoms with Gasteiger partial charge in [0.15, 0.2) is 0 Å². The molecule has 1 aromatic rings. The molecule has 2 rings (SSSR count). The van der Waals surface area contributed by atoms with Crippen LogP contribution in [0.5, 0.6) is 0 Å². The van der Waals surface area contributed by atoms with Crippen molar-refractivity contribution in [2.45, 2.75) is 44.8 Å². The van der Waals surface area contributed by atoms with Gasteiger partial charge in [-0.05, 0) is 6.42 Å². The van der Waals surface area contributed by atoms with E-state index in [-0.39, 0.29) is 0 Å². The molecule has 17 heavy (non-hydrogen) atoms. The van der Waals surface area contributed by atoms with Crippen molar-refractivity contribution in [1.29, 1.82) is 0 Å². The highest BCUT2D eigenvalue weighted by molar-refractivity contribution is 5.21. The second-order valence-corrected chi connectivity index (χ2v) is 4.44. The average Bonchev–Trinajstić information content (AvgIpc) is 2.86. The molecule has 0 fully saturated rings. The molecule has 1 aliphatic heterocycles. The number of ether oxygens (including phenoxy) is 2. The van der Waals surface area contributed by atoms with E-state index >= 15 is 0 Å². The van der Waals surface area contributed by atoms with Crippen molar-refractivity contribution in [2.75, 3.05) is 0 Å². The van der Waals surface area contributed by atoms with E-state index in [0.29, 0.717) is 0 Å². The molecule has 0 bridgehead atoms. The molecule has 1 aliphatic rings. The Balaban J connectivity index is 2.01. The molecular weight excluding hydrogens is 212 g/mol. The van der Waals surface area contributed by atoms with E-state index in [9.17, 15) is 0 Å². The van der Waals surface area contributed by atoms with Gasteiger partial charge in [-0.3, -0.25) is 0 Å². The van der Waals surface area contributed by atoms with Crippen LogP contribution in [0.25, 0.3) is 0 Å². The summed E-state index contributed by atoms with van der Waals surface area (Å²) in [4.78, 5) is 0. The van der Waals surface area contributed by atoms with Crippen molar-refractivity contribution in [3.05, 3.63) is 48.4 Å². The third kappa shape index (κ3) is 2.82. The summed E-state index contributed by atoms with van der Waals surface area (Å²) < 4.78 is 11.4. The number of hydrogen-bond donors (Lipinski definition) is 0. The van der Waals surface area contributed by atoms with Crippen molar-refractivity contribution in [1.82, 2.24) is 0 Å². The first-order valence-electron chi connectivity index (χ1n) is 6.43. The van der Waals surface area contributed by atoms with E-state index in [1.165, 1.54) is 19.3 Å². The molecule has 1 heterocycles. The van der Waals surface area contributed by atoms with E-state index in [4.69, 9.17) is 9.47 Å². The monoisotopic (exact) mass is 232 g/mol. The Morgan fingerprint density at radius 2 is 1.65 bits per heavy atom. The van der Waals surface area contributed by atoms with Crippen LogP contribution < -0.4 is 0 Å². The van der Waals surface area contributed by atoms with Crippen molar-refractivity contribution >= 4 is 0 Å². The van der Waals surface area contributed by atoms with E-state index in [2.05, 4.69) is 19.1 Å². The summed E-state index contributed by atoms with van der Waals surface area (Å²) in [6.07, 6.45) is 9.09. The molecule has 1 aromatic carbocycles. The molecule has 0 saturated heterocycles. The fourth-order valence-electron chi connectivity index (χ4n) is 2.18. The van der Waals surface area contributed by atoms with Gasteiger partial charge < -0.3 is 9.47 Å². The average molecular weight is 232 g/mol. The molecule has 0 atom stereocenters. The summed E-state index contributed by atoms with van der Waals surface area (Å²) in [6, 6.07) is 10.2. The lowest BCUT2D eigenvalue weighted by atomic mass is 9.99. The van der Waals surface area contributed by atoms with Gasteiger partial charge in [-0.2, -0.15) is 0 Å². The van der Waals surface area contributed by atoms with Gasteiger partial charge in [0.05, 0.1) is 0 Å². The Morgan fingerprint density at radius 1 is 0.941 bits per heavy atom. The highest BCUT2D eigenvalue weighted by Gasteiger charge is 2.36. The Kier molecular flexibility index (Phi) is 4.08. The van der Waals surface area contributed by atoms with Crippen molar-refractivity contribution < 1.29 is 9.47 Å². The van der Waals surface area contributed by atoms with Crippen LogP contribution in [-0.4, -0.2) is 0 Å².